The Morgan fingerprint density at radius 2 is 1.78 bits per heavy atom. The van der Waals surface area contributed by atoms with Crippen LogP contribution in [0, 0.1) is 0 Å². The molecule has 2 heterocycles. The SMILES string of the molecule is CN1CCN(C(=O)C2CCCN2S(N)(=O)=O)CC1. The lowest BCUT2D eigenvalue weighted by molar-refractivity contribution is -0.136. The van der Waals surface area contributed by atoms with Gasteiger partial charge in [-0.25, -0.2) is 5.14 Å². The van der Waals surface area contributed by atoms with Crippen molar-refractivity contribution >= 4 is 16.1 Å². The molecular formula is C10H20N4O3S. The van der Waals surface area contributed by atoms with Crippen LogP contribution in [-0.2, 0) is 15.0 Å². The zero-order chi connectivity index (χ0) is 13.3. The Hall–Kier alpha value is -0.700. The summed E-state index contributed by atoms with van der Waals surface area (Å²) >= 11 is 0. The molecule has 0 aromatic carbocycles. The first-order chi connectivity index (χ1) is 8.39. The first-order valence-electron chi connectivity index (χ1n) is 6.16. The van der Waals surface area contributed by atoms with Crippen LogP contribution in [0.25, 0.3) is 0 Å². The lowest BCUT2D eigenvalue weighted by Crippen LogP contribution is -2.54. The van der Waals surface area contributed by atoms with Crippen molar-refractivity contribution in [2.45, 2.75) is 18.9 Å². The Bertz CT molecular complexity index is 417. The number of carbonyl (C=O) groups is 1. The van der Waals surface area contributed by atoms with Crippen molar-refractivity contribution in [3.63, 3.8) is 0 Å². The number of hydrogen-bond donors (Lipinski definition) is 1. The number of piperazine rings is 1. The molecule has 2 N–H and O–H groups in total. The number of likely N-dealkylation sites (N-methyl/N-ethyl adjacent to an activating group) is 1. The van der Waals surface area contributed by atoms with Crippen molar-refractivity contribution in [3.05, 3.63) is 0 Å². The summed E-state index contributed by atoms with van der Waals surface area (Å²) < 4.78 is 23.9. The van der Waals surface area contributed by atoms with Crippen LogP contribution in [0.3, 0.4) is 0 Å². The Morgan fingerprint density at radius 3 is 2.33 bits per heavy atom. The van der Waals surface area contributed by atoms with Gasteiger partial charge in [-0.1, -0.05) is 0 Å². The first-order valence-corrected chi connectivity index (χ1v) is 7.67. The van der Waals surface area contributed by atoms with Gasteiger partial charge in [0.05, 0.1) is 0 Å². The van der Waals surface area contributed by atoms with E-state index in [4.69, 9.17) is 5.14 Å². The van der Waals surface area contributed by atoms with Gasteiger partial charge >= 0.3 is 0 Å². The van der Waals surface area contributed by atoms with Crippen molar-refractivity contribution in [2.75, 3.05) is 39.8 Å². The largest absolute Gasteiger partial charge is 0.339 e. The number of carbonyl (C=O) groups excluding carboxylic acids is 1. The second kappa shape index (κ2) is 5.12. The monoisotopic (exact) mass is 276 g/mol. The van der Waals surface area contributed by atoms with Crippen LogP contribution in [0.1, 0.15) is 12.8 Å². The molecule has 0 bridgehead atoms. The summed E-state index contributed by atoms with van der Waals surface area (Å²) in [6, 6.07) is -0.594. The smallest absolute Gasteiger partial charge is 0.277 e. The van der Waals surface area contributed by atoms with Crippen molar-refractivity contribution in [1.29, 1.82) is 0 Å². The van der Waals surface area contributed by atoms with Gasteiger partial charge in [-0.2, -0.15) is 12.7 Å². The van der Waals surface area contributed by atoms with Gasteiger partial charge in [-0.05, 0) is 19.9 Å². The molecule has 104 valence electrons. The second-order valence-electron chi connectivity index (χ2n) is 4.94. The van der Waals surface area contributed by atoms with Crippen LogP contribution in [0.2, 0.25) is 0 Å². The highest BCUT2D eigenvalue weighted by Crippen LogP contribution is 2.21. The van der Waals surface area contributed by atoms with Crippen LogP contribution in [0.5, 0.6) is 0 Å². The summed E-state index contributed by atoms with van der Waals surface area (Å²) in [5.41, 5.74) is 0. The summed E-state index contributed by atoms with van der Waals surface area (Å²) in [4.78, 5) is 16.2. The molecule has 1 atom stereocenters. The normalized spacial score (nSPS) is 27.7. The highest BCUT2D eigenvalue weighted by molar-refractivity contribution is 7.86. The Labute approximate surface area is 108 Å². The molecule has 0 aromatic heterocycles. The van der Waals surface area contributed by atoms with E-state index in [9.17, 15) is 13.2 Å². The van der Waals surface area contributed by atoms with Gasteiger partial charge in [0.25, 0.3) is 10.2 Å². The number of nitrogens with two attached hydrogens (primary N) is 1. The second-order valence-corrected chi connectivity index (χ2v) is 6.44. The Morgan fingerprint density at radius 1 is 1.17 bits per heavy atom. The van der Waals surface area contributed by atoms with Gasteiger partial charge in [0, 0.05) is 32.7 Å². The van der Waals surface area contributed by atoms with E-state index in [0.29, 0.717) is 32.5 Å². The molecule has 0 saturated carbocycles. The maximum absolute atomic E-state index is 12.3. The topological polar surface area (TPSA) is 86.9 Å². The summed E-state index contributed by atoms with van der Waals surface area (Å²) in [5.74, 6) is -0.102. The fraction of sp³-hybridized carbons (Fsp3) is 0.900. The van der Waals surface area contributed by atoms with Crippen molar-refractivity contribution in [3.8, 4) is 0 Å². The highest BCUT2D eigenvalue weighted by atomic mass is 32.2. The Balaban J connectivity index is 2.04. The van der Waals surface area contributed by atoms with Gasteiger partial charge in [0.2, 0.25) is 5.91 Å². The number of rotatable bonds is 2. The van der Waals surface area contributed by atoms with Crippen LogP contribution >= 0.6 is 0 Å². The van der Waals surface area contributed by atoms with Crippen molar-refractivity contribution in [2.24, 2.45) is 5.14 Å². The third-order valence-corrected chi connectivity index (χ3v) is 4.72. The average molecular weight is 276 g/mol. The predicted octanol–water partition coefficient (Wildman–Crippen LogP) is -1.57. The molecule has 0 spiro atoms. The fourth-order valence-corrected chi connectivity index (χ4v) is 3.46. The average Bonchev–Trinajstić information content (AvgIpc) is 2.77. The summed E-state index contributed by atoms with van der Waals surface area (Å²) in [6.45, 7) is 3.32. The number of hydrogen-bond acceptors (Lipinski definition) is 4. The van der Waals surface area contributed by atoms with Crippen molar-refractivity contribution < 1.29 is 13.2 Å². The van der Waals surface area contributed by atoms with Gasteiger partial charge < -0.3 is 9.80 Å². The molecule has 0 aliphatic carbocycles. The molecule has 2 aliphatic rings. The molecule has 1 amide bonds. The van der Waals surface area contributed by atoms with E-state index in [-0.39, 0.29) is 5.91 Å². The van der Waals surface area contributed by atoms with E-state index in [2.05, 4.69) is 4.90 Å². The quantitative estimate of drug-likeness (QED) is 0.660. The summed E-state index contributed by atoms with van der Waals surface area (Å²) in [5, 5.41) is 5.14. The van der Waals surface area contributed by atoms with Crippen LogP contribution in [0.4, 0.5) is 0 Å². The van der Waals surface area contributed by atoms with E-state index in [1.54, 1.807) is 4.90 Å². The fourth-order valence-electron chi connectivity index (χ4n) is 2.53. The molecular weight excluding hydrogens is 256 g/mol. The van der Waals surface area contributed by atoms with E-state index in [1.807, 2.05) is 7.05 Å². The van der Waals surface area contributed by atoms with Gasteiger partial charge in [-0.3, -0.25) is 4.79 Å². The third kappa shape index (κ3) is 2.82. The third-order valence-electron chi connectivity index (χ3n) is 3.63. The van der Waals surface area contributed by atoms with E-state index >= 15 is 0 Å². The molecule has 1 unspecified atom stereocenters. The molecule has 2 rings (SSSR count). The Kier molecular flexibility index (Phi) is 3.90. The molecule has 0 radical (unpaired) electrons. The molecule has 2 fully saturated rings. The molecule has 2 aliphatic heterocycles. The maximum atomic E-state index is 12.3. The summed E-state index contributed by atoms with van der Waals surface area (Å²) in [6.07, 6.45) is 1.27. The zero-order valence-corrected chi connectivity index (χ0v) is 11.4. The minimum Gasteiger partial charge on any atom is -0.339 e. The number of amides is 1. The predicted molar refractivity (Wildman–Crippen MR) is 66.9 cm³/mol. The van der Waals surface area contributed by atoms with E-state index in [0.717, 1.165) is 17.4 Å². The van der Waals surface area contributed by atoms with Gasteiger partial charge in [0.1, 0.15) is 6.04 Å². The maximum Gasteiger partial charge on any atom is 0.277 e. The van der Waals surface area contributed by atoms with Crippen LogP contribution in [-0.4, -0.2) is 74.2 Å². The van der Waals surface area contributed by atoms with Gasteiger partial charge in [0.15, 0.2) is 0 Å². The highest BCUT2D eigenvalue weighted by Gasteiger charge is 2.39. The number of nitrogens with zero attached hydrogens (tertiary/aromatic N) is 3. The molecule has 18 heavy (non-hydrogen) atoms. The van der Waals surface area contributed by atoms with Crippen LogP contribution < -0.4 is 5.14 Å². The van der Waals surface area contributed by atoms with Crippen LogP contribution in [0.15, 0.2) is 0 Å². The van der Waals surface area contributed by atoms with E-state index in [1.165, 1.54) is 0 Å². The van der Waals surface area contributed by atoms with Gasteiger partial charge in [-0.15, -0.1) is 0 Å². The molecule has 0 aromatic rings. The molecule has 7 nitrogen and oxygen atoms in total. The lowest BCUT2D eigenvalue weighted by Gasteiger charge is -2.35. The summed E-state index contributed by atoms with van der Waals surface area (Å²) in [7, 11) is -1.76. The molecule has 8 heteroatoms. The zero-order valence-electron chi connectivity index (χ0n) is 10.6. The lowest BCUT2D eigenvalue weighted by atomic mass is 10.2. The van der Waals surface area contributed by atoms with E-state index < -0.39 is 16.3 Å². The standard InChI is InChI=1S/C10H20N4O3S/c1-12-5-7-13(8-6-12)10(15)9-3-2-4-14(9)18(11,16)17/h9H,2-8H2,1H3,(H2,11,16,17). The van der Waals surface area contributed by atoms with Crippen molar-refractivity contribution in [1.82, 2.24) is 14.1 Å². The minimum absolute atomic E-state index is 0.102. The molecule has 2 saturated heterocycles. The first kappa shape index (κ1) is 13.7. The minimum atomic E-state index is -3.77.